The summed E-state index contributed by atoms with van der Waals surface area (Å²) in [5, 5.41) is 0. The molecule has 0 radical (unpaired) electrons. The van der Waals surface area contributed by atoms with Crippen LogP contribution in [0.3, 0.4) is 0 Å². The lowest BCUT2D eigenvalue weighted by Gasteiger charge is -2.12. The Balaban J connectivity index is 1.67. The van der Waals surface area contributed by atoms with Gasteiger partial charge in [0.25, 0.3) is 0 Å². The van der Waals surface area contributed by atoms with E-state index in [-0.39, 0.29) is 23.3 Å². The number of hydrogen-bond acceptors (Lipinski definition) is 0. The van der Waals surface area contributed by atoms with Crippen molar-refractivity contribution in [2.45, 2.75) is 25.9 Å². The maximum Gasteiger partial charge on any atom is 0.409 e. The average Bonchev–Trinajstić information content (AvgIpc) is 2.83. The highest BCUT2D eigenvalue weighted by Gasteiger charge is 2.24. The molecule has 8 heteroatoms. The molecule has 0 aromatic heterocycles. The lowest BCUT2D eigenvalue weighted by Crippen LogP contribution is -2.01. The van der Waals surface area contributed by atoms with Crippen molar-refractivity contribution in [3.05, 3.63) is 113 Å². The molecule has 0 unspecified atom stereocenters. The zero-order chi connectivity index (χ0) is 27.6. The Kier molecular flexibility index (Phi) is 7.71. The summed E-state index contributed by atoms with van der Waals surface area (Å²) in [6, 6.07) is 14.5. The van der Waals surface area contributed by atoms with E-state index in [4.69, 9.17) is 0 Å². The first-order valence-electron chi connectivity index (χ1n) is 11.6. The van der Waals surface area contributed by atoms with E-state index >= 15 is 0 Å². The third kappa shape index (κ3) is 5.96. The van der Waals surface area contributed by atoms with Gasteiger partial charge >= 0.3 is 6.18 Å². The number of rotatable bonds is 6. The molecule has 38 heavy (non-hydrogen) atoms. The molecule has 0 aliphatic heterocycles. The van der Waals surface area contributed by atoms with Gasteiger partial charge in [0, 0.05) is 17.2 Å². The van der Waals surface area contributed by atoms with Gasteiger partial charge in [-0.2, -0.15) is 13.2 Å². The summed E-state index contributed by atoms with van der Waals surface area (Å²) in [4.78, 5) is 0. The molecular weight excluding hydrogens is 512 g/mol. The van der Waals surface area contributed by atoms with Crippen molar-refractivity contribution in [3.8, 4) is 33.4 Å². The van der Waals surface area contributed by atoms with Crippen LogP contribution in [0.25, 0.3) is 39.5 Å². The first-order valence-corrected chi connectivity index (χ1v) is 11.6. The van der Waals surface area contributed by atoms with Gasteiger partial charge in [-0.1, -0.05) is 49.7 Å². The van der Waals surface area contributed by atoms with Gasteiger partial charge in [-0.25, -0.2) is 22.0 Å². The minimum Gasteiger partial charge on any atom is -0.206 e. The number of halogens is 8. The minimum absolute atomic E-state index is 0.0919. The van der Waals surface area contributed by atoms with Crippen LogP contribution < -0.4 is 0 Å². The molecule has 0 spiro atoms. The van der Waals surface area contributed by atoms with Crippen LogP contribution in [-0.2, 0) is 6.42 Å². The van der Waals surface area contributed by atoms with E-state index in [2.05, 4.69) is 6.92 Å². The zero-order valence-electron chi connectivity index (χ0n) is 19.9. The Morgan fingerprint density at radius 2 is 1.13 bits per heavy atom. The van der Waals surface area contributed by atoms with Crippen molar-refractivity contribution in [1.29, 1.82) is 0 Å². The Hall–Kier alpha value is -3.94. The largest absolute Gasteiger partial charge is 0.409 e. The number of allylic oxidation sites excluding steroid dienone is 1. The highest BCUT2D eigenvalue weighted by molar-refractivity contribution is 5.75. The van der Waals surface area contributed by atoms with E-state index in [0.717, 1.165) is 36.1 Å². The number of benzene rings is 4. The summed E-state index contributed by atoms with van der Waals surface area (Å²) < 4.78 is 111. The van der Waals surface area contributed by atoms with Gasteiger partial charge in [0.2, 0.25) is 0 Å². The van der Waals surface area contributed by atoms with Gasteiger partial charge < -0.3 is 0 Å². The molecule has 0 N–H and O–H groups in total. The van der Waals surface area contributed by atoms with Crippen molar-refractivity contribution in [2.24, 2.45) is 0 Å². The van der Waals surface area contributed by atoms with Crippen LogP contribution in [0.1, 0.15) is 24.5 Å². The summed E-state index contributed by atoms with van der Waals surface area (Å²) in [6.45, 7) is 2.06. The molecule has 0 amide bonds. The summed E-state index contributed by atoms with van der Waals surface area (Å²) in [7, 11) is 0. The van der Waals surface area contributed by atoms with Crippen molar-refractivity contribution in [3.63, 3.8) is 0 Å². The van der Waals surface area contributed by atoms with Gasteiger partial charge in [0.15, 0.2) is 0 Å². The molecule has 4 aromatic carbocycles. The third-order valence-corrected chi connectivity index (χ3v) is 5.95. The van der Waals surface area contributed by atoms with Gasteiger partial charge in [0.05, 0.1) is 5.56 Å². The predicted octanol–water partition coefficient (Wildman–Crippen LogP) is 9.91. The lowest BCUT2D eigenvalue weighted by molar-refractivity contribution is -0.0790. The topological polar surface area (TPSA) is 0 Å². The van der Waals surface area contributed by atoms with E-state index in [0.29, 0.717) is 17.7 Å². The molecule has 4 aromatic rings. The molecule has 4 rings (SSSR count). The Morgan fingerprint density at radius 1 is 0.605 bits per heavy atom. The summed E-state index contributed by atoms with van der Waals surface area (Å²) in [5.41, 5.74) is -0.132. The first-order chi connectivity index (χ1) is 18.0. The Labute approximate surface area is 213 Å². The fraction of sp³-hybridized carbons (Fsp3) is 0.133. The van der Waals surface area contributed by atoms with Crippen LogP contribution in [-0.4, -0.2) is 6.18 Å². The van der Waals surface area contributed by atoms with Crippen molar-refractivity contribution < 1.29 is 35.1 Å². The maximum absolute atomic E-state index is 15.0. The highest BCUT2D eigenvalue weighted by Crippen LogP contribution is 2.35. The van der Waals surface area contributed by atoms with Gasteiger partial charge in [0.1, 0.15) is 29.1 Å². The van der Waals surface area contributed by atoms with Crippen molar-refractivity contribution in [2.75, 3.05) is 0 Å². The molecule has 0 saturated carbocycles. The van der Waals surface area contributed by atoms with Crippen molar-refractivity contribution >= 4 is 6.08 Å². The zero-order valence-corrected chi connectivity index (χ0v) is 19.9. The molecular formula is C30H20F8. The van der Waals surface area contributed by atoms with Crippen LogP contribution in [0, 0.1) is 29.1 Å². The van der Waals surface area contributed by atoms with Crippen LogP contribution in [0.4, 0.5) is 35.1 Å². The maximum atomic E-state index is 15.0. The van der Waals surface area contributed by atoms with E-state index in [9.17, 15) is 35.1 Å². The quantitative estimate of drug-likeness (QED) is 0.217. The lowest BCUT2D eigenvalue weighted by atomic mass is 9.95. The number of alkyl halides is 3. The van der Waals surface area contributed by atoms with Gasteiger partial charge in [-0.15, -0.1) is 0 Å². The monoisotopic (exact) mass is 532 g/mol. The van der Waals surface area contributed by atoms with E-state index in [1.54, 1.807) is 6.07 Å². The molecule has 0 fully saturated rings. The molecule has 0 aliphatic carbocycles. The summed E-state index contributed by atoms with van der Waals surface area (Å²) in [5.74, 6) is -6.07. The number of hydrogen-bond donors (Lipinski definition) is 0. The summed E-state index contributed by atoms with van der Waals surface area (Å²) in [6.07, 6.45) is -3.07. The van der Waals surface area contributed by atoms with Gasteiger partial charge in [-0.05, 0) is 70.6 Å². The number of aryl methyl sites for hydroxylation is 1. The van der Waals surface area contributed by atoms with E-state index in [1.165, 1.54) is 12.1 Å². The van der Waals surface area contributed by atoms with Crippen LogP contribution in [0.2, 0.25) is 0 Å². The molecule has 196 valence electrons. The molecule has 0 saturated heterocycles. The van der Waals surface area contributed by atoms with Crippen molar-refractivity contribution in [1.82, 2.24) is 0 Å². The summed E-state index contributed by atoms with van der Waals surface area (Å²) >= 11 is 0. The molecule has 0 heterocycles. The van der Waals surface area contributed by atoms with Gasteiger partial charge in [-0.3, -0.25) is 0 Å². The smallest absolute Gasteiger partial charge is 0.206 e. The van der Waals surface area contributed by atoms with E-state index < -0.39 is 52.0 Å². The molecule has 0 aliphatic rings. The average molecular weight is 532 g/mol. The second-order valence-electron chi connectivity index (χ2n) is 8.68. The first kappa shape index (κ1) is 27.1. The Morgan fingerprint density at radius 3 is 1.66 bits per heavy atom. The normalized spacial score (nSPS) is 11.9. The standard InChI is InChI=1S/C30H20F8/c1-2-3-17-4-6-18(7-5-17)19-8-9-22(24(31)12-19)20-13-27(34)29(28(35)14-20)21-15-25(32)23(26(33)16-21)10-11-30(36,37)38/h4-16H,2-3H2,1H3/b11-10+. The second kappa shape index (κ2) is 10.8. The van der Waals surface area contributed by atoms with Crippen LogP contribution >= 0.6 is 0 Å². The predicted molar refractivity (Wildman–Crippen MR) is 132 cm³/mol. The second-order valence-corrected chi connectivity index (χ2v) is 8.68. The fourth-order valence-electron chi connectivity index (χ4n) is 4.15. The molecule has 0 bridgehead atoms. The minimum atomic E-state index is -4.81. The highest BCUT2D eigenvalue weighted by atomic mass is 19.4. The fourth-order valence-corrected chi connectivity index (χ4v) is 4.15. The van der Waals surface area contributed by atoms with Crippen LogP contribution in [0.5, 0.6) is 0 Å². The SMILES string of the molecule is CCCc1ccc(-c2ccc(-c3cc(F)c(-c4cc(F)c(/C=C/C(F)(F)F)c(F)c4)c(F)c3)c(F)c2)cc1. The Bertz CT molecular complexity index is 1450. The molecule has 0 atom stereocenters. The van der Waals surface area contributed by atoms with E-state index in [1.807, 2.05) is 24.3 Å². The third-order valence-electron chi connectivity index (χ3n) is 5.95. The molecule has 0 nitrogen and oxygen atoms in total. The van der Waals surface area contributed by atoms with Crippen LogP contribution in [0.15, 0.2) is 72.8 Å².